The molecular weight excluding hydrogens is 292 g/mol. The summed E-state index contributed by atoms with van der Waals surface area (Å²) in [5.41, 5.74) is 6.98. The number of thiophene rings is 1. The van der Waals surface area contributed by atoms with Crippen molar-refractivity contribution in [3.8, 4) is 0 Å². The third-order valence-corrected chi connectivity index (χ3v) is 6.20. The molecule has 0 bridgehead atoms. The summed E-state index contributed by atoms with van der Waals surface area (Å²) in [5.74, 6) is -0.0144. The molecule has 6 heteroatoms. The number of nitrogens with two attached hydrogens (primary N) is 1. The first-order valence-electron chi connectivity index (χ1n) is 6.23. The zero-order valence-electron chi connectivity index (χ0n) is 11.5. The summed E-state index contributed by atoms with van der Waals surface area (Å²) in [7, 11) is -1.73. The molecule has 1 unspecified atom stereocenters. The van der Waals surface area contributed by atoms with Gasteiger partial charge in [-0.15, -0.1) is 11.3 Å². The number of hydrogen-bond acceptors (Lipinski definition) is 4. The minimum absolute atomic E-state index is 0.0144. The lowest BCUT2D eigenvalue weighted by atomic mass is 10.2. The average Bonchev–Trinajstić information content (AvgIpc) is 2.93. The van der Waals surface area contributed by atoms with Crippen molar-refractivity contribution in [2.24, 2.45) is 0 Å². The van der Waals surface area contributed by atoms with Gasteiger partial charge in [-0.1, -0.05) is 18.2 Å². The zero-order chi connectivity index (χ0) is 14.8. The van der Waals surface area contributed by atoms with Crippen molar-refractivity contribution >= 4 is 27.0 Å². The summed E-state index contributed by atoms with van der Waals surface area (Å²) in [6.07, 6.45) is 0. The van der Waals surface area contributed by atoms with Crippen LogP contribution in [0, 0.1) is 0 Å². The van der Waals surface area contributed by atoms with Gasteiger partial charge < -0.3 is 5.73 Å². The zero-order valence-corrected chi connectivity index (χ0v) is 13.1. The van der Waals surface area contributed by atoms with Crippen LogP contribution in [0.4, 0.5) is 5.69 Å². The van der Waals surface area contributed by atoms with Gasteiger partial charge in [0.15, 0.2) is 0 Å². The van der Waals surface area contributed by atoms with E-state index in [2.05, 4.69) is 0 Å². The first-order chi connectivity index (χ1) is 9.40. The minimum atomic E-state index is -3.35. The van der Waals surface area contributed by atoms with E-state index in [1.165, 1.54) is 4.31 Å². The Kier molecular flexibility index (Phi) is 4.47. The summed E-state index contributed by atoms with van der Waals surface area (Å²) in [5, 5.41) is 1.95. The van der Waals surface area contributed by atoms with Crippen LogP contribution < -0.4 is 5.73 Å². The molecule has 0 saturated carbocycles. The highest BCUT2D eigenvalue weighted by Gasteiger charge is 2.25. The van der Waals surface area contributed by atoms with Crippen LogP contribution in [0.15, 0.2) is 41.8 Å². The van der Waals surface area contributed by atoms with E-state index in [1.807, 2.05) is 24.4 Å². The molecule has 1 atom stereocenters. The van der Waals surface area contributed by atoms with Gasteiger partial charge in [0.2, 0.25) is 10.0 Å². The molecule has 20 heavy (non-hydrogen) atoms. The van der Waals surface area contributed by atoms with Crippen molar-refractivity contribution < 1.29 is 8.42 Å². The minimum Gasteiger partial charge on any atom is -0.399 e. The van der Waals surface area contributed by atoms with Crippen LogP contribution in [0.2, 0.25) is 0 Å². The first kappa shape index (κ1) is 15.0. The molecule has 4 nitrogen and oxygen atoms in total. The largest absolute Gasteiger partial charge is 0.399 e. The van der Waals surface area contributed by atoms with Gasteiger partial charge in [0.1, 0.15) is 0 Å². The average molecular weight is 310 g/mol. The Hall–Kier alpha value is -1.37. The number of sulfonamides is 1. The highest BCUT2D eigenvalue weighted by molar-refractivity contribution is 7.88. The summed E-state index contributed by atoms with van der Waals surface area (Å²) in [6, 6.07) is 10.6. The van der Waals surface area contributed by atoms with Crippen molar-refractivity contribution in [3.63, 3.8) is 0 Å². The number of benzene rings is 1. The van der Waals surface area contributed by atoms with E-state index >= 15 is 0 Å². The van der Waals surface area contributed by atoms with Crippen molar-refractivity contribution in [2.75, 3.05) is 12.8 Å². The number of nitrogens with zero attached hydrogens (tertiary/aromatic N) is 1. The molecule has 0 fully saturated rings. The maximum Gasteiger partial charge on any atom is 0.218 e. The molecule has 0 aliphatic heterocycles. The highest BCUT2D eigenvalue weighted by atomic mass is 32.2. The van der Waals surface area contributed by atoms with Crippen LogP contribution >= 0.6 is 11.3 Å². The molecule has 1 aromatic heterocycles. The Morgan fingerprint density at radius 1 is 1.25 bits per heavy atom. The van der Waals surface area contributed by atoms with Crippen LogP contribution in [-0.2, 0) is 15.8 Å². The van der Waals surface area contributed by atoms with Crippen molar-refractivity contribution in [1.29, 1.82) is 0 Å². The summed E-state index contributed by atoms with van der Waals surface area (Å²) in [6.45, 7) is 1.90. The molecule has 108 valence electrons. The fourth-order valence-electron chi connectivity index (χ4n) is 1.88. The van der Waals surface area contributed by atoms with Gasteiger partial charge in [-0.2, -0.15) is 4.31 Å². The van der Waals surface area contributed by atoms with E-state index in [1.54, 1.807) is 42.6 Å². The monoisotopic (exact) mass is 310 g/mol. The maximum atomic E-state index is 12.4. The summed E-state index contributed by atoms with van der Waals surface area (Å²) >= 11 is 1.56. The molecule has 0 radical (unpaired) electrons. The van der Waals surface area contributed by atoms with E-state index in [4.69, 9.17) is 5.73 Å². The SMILES string of the molecule is CC(c1cccs1)N(C)S(=O)(=O)Cc1ccc(N)cc1. The smallest absolute Gasteiger partial charge is 0.218 e. The summed E-state index contributed by atoms with van der Waals surface area (Å²) in [4.78, 5) is 1.04. The lowest BCUT2D eigenvalue weighted by Gasteiger charge is -2.23. The molecule has 0 spiro atoms. The second-order valence-corrected chi connectivity index (χ2v) is 7.71. The van der Waals surface area contributed by atoms with Crippen molar-refractivity contribution in [2.45, 2.75) is 18.7 Å². The van der Waals surface area contributed by atoms with Gasteiger partial charge in [0.25, 0.3) is 0 Å². The summed E-state index contributed by atoms with van der Waals surface area (Å²) < 4.78 is 26.3. The Morgan fingerprint density at radius 3 is 2.45 bits per heavy atom. The van der Waals surface area contributed by atoms with Crippen LogP contribution in [0.25, 0.3) is 0 Å². The molecule has 2 rings (SSSR count). The van der Waals surface area contributed by atoms with Gasteiger partial charge >= 0.3 is 0 Å². The topological polar surface area (TPSA) is 63.4 Å². The highest BCUT2D eigenvalue weighted by Crippen LogP contribution is 2.26. The van der Waals surface area contributed by atoms with Gasteiger partial charge in [0, 0.05) is 17.6 Å². The molecule has 2 aromatic rings. The quantitative estimate of drug-likeness (QED) is 0.864. The van der Waals surface area contributed by atoms with E-state index in [9.17, 15) is 8.42 Å². The standard InChI is InChI=1S/C14H18N2O2S2/c1-11(14-4-3-9-19-14)16(2)20(17,18)10-12-5-7-13(15)8-6-12/h3-9,11H,10,15H2,1-2H3. The lowest BCUT2D eigenvalue weighted by Crippen LogP contribution is -2.30. The van der Waals surface area contributed by atoms with Crippen LogP contribution in [-0.4, -0.2) is 19.8 Å². The third-order valence-electron chi connectivity index (χ3n) is 3.27. The number of anilines is 1. The van der Waals surface area contributed by atoms with E-state index in [0.29, 0.717) is 5.69 Å². The first-order valence-corrected chi connectivity index (χ1v) is 8.72. The second-order valence-electron chi connectivity index (χ2n) is 4.71. The molecule has 2 N–H and O–H groups in total. The van der Waals surface area contributed by atoms with Crippen LogP contribution in [0.1, 0.15) is 23.4 Å². The Labute approximate surface area is 123 Å². The second kappa shape index (κ2) is 5.95. The van der Waals surface area contributed by atoms with E-state index < -0.39 is 10.0 Å². The fraction of sp³-hybridized carbons (Fsp3) is 0.286. The molecule has 1 heterocycles. The Balaban J connectivity index is 2.15. The normalized spacial score (nSPS) is 13.6. The van der Waals surface area contributed by atoms with Crippen LogP contribution in [0.5, 0.6) is 0 Å². The third kappa shape index (κ3) is 3.39. The number of rotatable bonds is 5. The van der Waals surface area contributed by atoms with Crippen molar-refractivity contribution in [3.05, 3.63) is 52.2 Å². The molecular formula is C14H18N2O2S2. The molecule has 0 saturated heterocycles. The Bertz CT molecular complexity index is 649. The van der Waals surface area contributed by atoms with E-state index in [0.717, 1.165) is 10.4 Å². The van der Waals surface area contributed by atoms with Crippen molar-refractivity contribution in [1.82, 2.24) is 4.31 Å². The maximum absolute atomic E-state index is 12.4. The molecule has 0 aliphatic carbocycles. The Morgan fingerprint density at radius 2 is 1.90 bits per heavy atom. The number of nitrogen functional groups attached to an aromatic ring is 1. The predicted octanol–water partition coefficient (Wildman–Crippen LogP) is 2.85. The fourth-order valence-corrected chi connectivity index (χ4v) is 4.18. The number of hydrogen-bond donors (Lipinski definition) is 1. The van der Waals surface area contributed by atoms with E-state index in [-0.39, 0.29) is 11.8 Å². The lowest BCUT2D eigenvalue weighted by molar-refractivity contribution is 0.402. The van der Waals surface area contributed by atoms with Gasteiger partial charge in [-0.25, -0.2) is 8.42 Å². The molecule has 1 aromatic carbocycles. The van der Waals surface area contributed by atoms with Gasteiger partial charge in [-0.3, -0.25) is 0 Å². The predicted molar refractivity (Wildman–Crippen MR) is 84.0 cm³/mol. The van der Waals surface area contributed by atoms with Crippen LogP contribution in [0.3, 0.4) is 0 Å². The molecule has 0 aliphatic rings. The molecule has 0 amide bonds. The van der Waals surface area contributed by atoms with Gasteiger partial charge in [0.05, 0.1) is 11.8 Å². The van der Waals surface area contributed by atoms with Gasteiger partial charge in [-0.05, 0) is 36.1 Å².